The summed E-state index contributed by atoms with van der Waals surface area (Å²) in [5.74, 6) is 0.901. The standard InChI is InChI=1S/C11H18BrN3/c1-7(9-4-5-9)13-6-10-11(12)8(2)14-15(10)3/h7,9,13H,4-6H2,1-3H3. The average molecular weight is 272 g/mol. The molecule has 0 radical (unpaired) electrons. The highest BCUT2D eigenvalue weighted by Crippen LogP contribution is 2.32. The molecule has 0 saturated heterocycles. The third-order valence-corrected chi connectivity index (χ3v) is 4.21. The molecule has 1 aromatic rings. The van der Waals surface area contributed by atoms with Crippen LogP contribution < -0.4 is 5.32 Å². The number of rotatable bonds is 4. The van der Waals surface area contributed by atoms with E-state index >= 15 is 0 Å². The van der Waals surface area contributed by atoms with E-state index < -0.39 is 0 Å². The molecule has 1 heterocycles. The zero-order valence-electron chi connectivity index (χ0n) is 9.55. The highest BCUT2D eigenvalue weighted by Gasteiger charge is 2.27. The molecule has 4 heteroatoms. The van der Waals surface area contributed by atoms with Crippen LogP contribution in [0, 0.1) is 12.8 Å². The molecule has 1 fully saturated rings. The van der Waals surface area contributed by atoms with Crippen molar-refractivity contribution >= 4 is 15.9 Å². The summed E-state index contributed by atoms with van der Waals surface area (Å²) < 4.78 is 3.09. The first-order valence-electron chi connectivity index (χ1n) is 5.51. The zero-order chi connectivity index (χ0) is 11.0. The minimum Gasteiger partial charge on any atom is -0.308 e. The number of aryl methyl sites for hydroxylation is 2. The molecule has 1 N–H and O–H groups in total. The second-order valence-corrected chi connectivity index (χ2v) is 5.27. The Kier molecular flexibility index (Phi) is 3.16. The summed E-state index contributed by atoms with van der Waals surface area (Å²) in [6.45, 7) is 5.20. The fourth-order valence-electron chi connectivity index (χ4n) is 1.89. The third kappa shape index (κ3) is 2.42. The van der Waals surface area contributed by atoms with Crippen molar-refractivity contribution in [3.05, 3.63) is 15.9 Å². The summed E-state index contributed by atoms with van der Waals surface area (Å²) in [4.78, 5) is 0. The van der Waals surface area contributed by atoms with Crippen LogP contribution in [0.25, 0.3) is 0 Å². The molecule has 0 spiro atoms. The fourth-order valence-corrected chi connectivity index (χ4v) is 2.37. The lowest BCUT2D eigenvalue weighted by molar-refractivity contribution is 0.483. The number of hydrogen-bond acceptors (Lipinski definition) is 2. The largest absolute Gasteiger partial charge is 0.308 e. The molecule has 1 aromatic heterocycles. The van der Waals surface area contributed by atoms with Gasteiger partial charge < -0.3 is 5.32 Å². The van der Waals surface area contributed by atoms with Crippen LogP contribution in [-0.2, 0) is 13.6 Å². The van der Waals surface area contributed by atoms with Gasteiger partial charge in [0, 0.05) is 19.6 Å². The Balaban J connectivity index is 1.97. The summed E-state index contributed by atoms with van der Waals surface area (Å²) in [5, 5.41) is 7.94. The van der Waals surface area contributed by atoms with E-state index in [9.17, 15) is 0 Å². The van der Waals surface area contributed by atoms with Gasteiger partial charge in [0.2, 0.25) is 0 Å². The topological polar surface area (TPSA) is 29.9 Å². The van der Waals surface area contributed by atoms with Crippen molar-refractivity contribution < 1.29 is 0 Å². The number of aromatic nitrogens is 2. The van der Waals surface area contributed by atoms with Gasteiger partial charge in [-0.3, -0.25) is 4.68 Å². The van der Waals surface area contributed by atoms with Crippen molar-refractivity contribution in [3.8, 4) is 0 Å². The minimum absolute atomic E-state index is 0.632. The monoisotopic (exact) mass is 271 g/mol. The highest BCUT2D eigenvalue weighted by atomic mass is 79.9. The van der Waals surface area contributed by atoms with E-state index in [1.165, 1.54) is 18.5 Å². The molecule has 3 nitrogen and oxygen atoms in total. The first-order chi connectivity index (χ1) is 7.09. The first kappa shape index (κ1) is 11.1. The van der Waals surface area contributed by atoms with Crippen molar-refractivity contribution in [2.45, 2.75) is 39.3 Å². The van der Waals surface area contributed by atoms with Gasteiger partial charge in [0.25, 0.3) is 0 Å². The Morgan fingerprint density at radius 1 is 1.60 bits per heavy atom. The normalized spacial score (nSPS) is 18.1. The van der Waals surface area contributed by atoms with Gasteiger partial charge >= 0.3 is 0 Å². The van der Waals surface area contributed by atoms with E-state index in [-0.39, 0.29) is 0 Å². The van der Waals surface area contributed by atoms with Crippen molar-refractivity contribution in [1.82, 2.24) is 15.1 Å². The van der Waals surface area contributed by atoms with Crippen LogP contribution in [-0.4, -0.2) is 15.8 Å². The molecule has 0 aliphatic heterocycles. The molecule has 1 saturated carbocycles. The van der Waals surface area contributed by atoms with Crippen LogP contribution in [0.15, 0.2) is 4.47 Å². The van der Waals surface area contributed by atoms with E-state index in [4.69, 9.17) is 0 Å². The van der Waals surface area contributed by atoms with Crippen LogP contribution in [0.3, 0.4) is 0 Å². The van der Waals surface area contributed by atoms with E-state index in [2.05, 4.69) is 33.3 Å². The summed E-state index contributed by atoms with van der Waals surface area (Å²) in [6, 6.07) is 0.632. The Hall–Kier alpha value is -0.350. The van der Waals surface area contributed by atoms with E-state index in [1.807, 2.05) is 18.7 Å². The number of hydrogen-bond donors (Lipinski definition) is 1. The summed E-state index contributed by atoms with van der Waals surface area (Å²) >= 11 is 3.58. The molecule has 0 amide bonds. The van der Waals surface area contributed by atoms with Crippen LogP contribution in [0.2, 0.25) is 0 Å². The van der Waals surface area contributed by atoms with Crippen molar-refractivity contribution in [2.24, 2.45) is 13.0 Å². The summed E-state index contributed by atoms with van der Waals surface area (Å²) in [5.41, 5.74) is 2.30. The first-order valence-corrected chi connectivity index (χ1v) is 6.30. The van der Waals surface area contributed by atoms with Gasteiger partial charge in [-0.25, -0.2) is 0 Å². The Bertz CT molecular complexity index is 355. The molecular formula is C11H18BrN3. The molecule has 0 bridgehead atoms. The van der Waals surface area contributed by atoms with Crippen LogP contribution in [0.4, 0.5) is 0 Å². The SMILES string of the molecule is Cc1nn(C)c(CNC(C)C2CC2)c1Br. The molecule has 84 valence electrons. The third-order valence-electron chi connectivity index (χ3n) is 3.18. The summed E-state index contributed by atoms with van der Waals surface area (Å²) in [6.07, 6.45) is 2.78. The lowest BCUT2D eigenvalue weighted by Crippen LogP contribution is -2.28. The molecule has 15 heavy (non-hydrogen) atoms. The lowest BCUT2D eigenvalue weighted by atomic mass is 10.2. The predicted octanol–water partition coefficient (Wildman–Crippen LogP) is 2.38. The van der Waals surface area contributed by atoms with Crippen molar-refractivity contribution in [3.63, 3.8) is 0 Å². The molecule has 1 unspecified atom stereocenters. The van der Waals surface area contributed by atoms with Crippen LogP contribution in [0.1, 0.15) is 31.2 Å². The molecule has 2 rings (SSSR count). The van der Waals surface area contributed by atoms with Crippen molar-refractivity contribution in [1.29, 1.82) is 0 Å². The van der Waals surface area contributed by atoms with E-state index in [0.717, 1.165) is 22.6 Å². The lowest BCUT2D eigenvalue weighted by Gasteiger charge is -2.12. The number of nitrogens with one attached hydrogen (secondary N) is 1. The summed E-state index contributed by atoms with van der Waals surface area (Å²) in [7, 11) is 2.00. The maximum Gasteiger partial charge on any atom is 0.0739 e. The van der Waals surface area contributed by atoms with Gasteiger partial charge in [-0.2, -0.15) is 5.10 Å². The van der Waals surface area contributed by atoms with Gasteiger partial charge in [0.15, 0.2) is 0 Å². The Labute approximate surface area is 99.4 Å². The van der Waals surface area contributed by atoms with Crippen LogP contribution >= 0.6 is 15.9 Å². The quantitative estimate of drug-likeness (QED) is 0.912. The highest BCUT2D eigenvalue weighted by molar-refractivity contribution is 9.10. The molecule has 1 aliphatic rings. The van der Waals surface area contributed by atoms with Gasteiger partial charge in [-0.15, -0.1) is 0 Å². The van der Waals surface area contributed by atoms with E-state index in [1.54, 1.807) is 0 Å². The van der Waals surface area contributed by atoms with Crippen molar-refractivity contribution in [2.75, 3.05) is 0 Å². The maximum absolute atomic E-state index is 4.38. The van der Waals surface area contributed by atoms with Gasteiger partial charge in [-0.1, -0.05) is 0 Å². The van der Waals surface area contributed by atoms with Gasteiger partial charge in [0.05, 0.1) is 15.9 Å². The molecule has 1 atom stereocenters. The fraction of sp³-hybridized carbons (Fsp3) is 0.727. The maximum atomic E-state index is 4.38. The molecular weight excluding hydrogens is 254 g/mol. The number of nitrogens with zero attached hydrogens (tertiary/aromatic N) is 2. The average Bonchev–Trinajstić information content (AvgIpc) is 2.96. The molecule has 0 aromatic carbocycles. The second kappa shape index (κ2) is 4.26. The molecule has 1 aliphatic carbocycles. The predicted molar refractivity (Wildman–Crippen MR) is 64.7 cm³/mol. The Morgan fingerprint density at radius 3 is 2.73 bits per heavy atom. The number of halogens is 1. The smallest absolute Gasteiger partial charge is 0.0739 e. The second-order valence-electron chi connectivity index (χ2n) is 4.48. The zero-order valence-corrected chi connectivity index (χ0v) is 11.1. The van der Waals surface area contributed by atoms with Gasteiger partial charge in [-0.05, 0) is 48.5 Å². The Morgan fingerprint density at radius 2 is 2.27 bits per heavy atom. The van der Waals surface area contributed by atoms with Crippen LogP contribution in [0.5, 0.6) is 0 Å². The van der Waals surface area contributed by atoms with E-state index in [0.29, 0.717) is 6.04 Å². The minimum atomic E-state index is 0.632. The van der Waals surface area contributed by atoms with Gasteiger partial charge in [0.1, 0.15) is 0 Å².